The Morgan fingerprint density at radius 3 is 2.44 bits per heavy atom. The van der Waals surface area contributed by atoms with Gasteiger partial charge in [0.25, 0.3) is 0 Å². The summed E-state index contributed by atoms with van der Waals surface area (Å²) >= 11 is 3.40. The Morgan fingerprint density at radius 1 is 1.28 bits per heavy atom. The van der Waals surface area contributed by atoms with Crippen molar-refractivity contribution >= 4 is 21.8 Å². The zero-order valence-electron chi connectivity index (χ0n) is 11.2. The van der Waals surface area contributed by atoms with E-state index in [9.17, 15) is 4.79 Å². The van der Waals surface area contributed by atoms with Gasteiger partial charge in [-0.05, 0) is 31.2 Å². The van der Waals surface area contributed by atoms with Crippen molar-refractivity contribution in [2.24, 2.45) is 5.92 Å². The number of halogens is 1. The highest BCUT2D eigenvalue weighted by Gasteiger charge is 2.15. The van der Waals surface area contributed by atoms with Gasteiger partial charge in [0.2, 0.25) is 5.91 Å². The van der Waals surface area contributed by atoms with E-state index in [0.29, 0.717) is 0 Å². The molecule has 1 rings (SSSR count). The van der Waals surface area contributed by atoms with Crippen molar-refractivity contribution in [3.8, 4) is 0 Å². The van der Waals surface area contributed by atoms with Crippen LogP contribution in [0.3, 0.4) is 0 Å². The molecule has 0 bridgehead atoms. The molecule has 1 aromatic carbocycles. The van der Waals surface area contributed by atoms with Gasteiger partial charge in [-0.1, -0.05) is 41.9 Å². The first-order valence-electron chi connectivity index (χ1n) is 6.31. The maximum atomic E-state index is 11.9. The van der Waals surface area contributed by atoms with Crippen molar-refractivity contribution in [2.45, 2.75) is 26.8 Å². The number of carbonyl (C=O) groups is 1. The molecule has 0 aliphatic carbocycles. The molecule has 100 valence electrons. The number of amides is 1. The summed E-state index contributed by atoms with van der Waals surface area (Å²) < 4.78 is 1.05. The predicted octanol–water partition coefficient (Wildman–Crippen LogP) is 2.87. The summed E-state index contributed by atoms with van der Waals surface area (Å²) in [6.07, 6.45) is 0. The van der Waals surface area contributed by atoms with Crippen LogP contribution in [0.1, 0.15) is 32.4 Å². The predicted molar refractivity (Wildman–Crippen MR) is 78.4 cm³/mol. The monoisotopic (exact) mass is 312 g/mol. The Bertz CT molecular complexity index is 378. The SMILES string of the molecule is CCNCC(C)C(=O)N[C@H](C)c1ccc(Br)cc1. The van der Waals surface area contributed by atoms with Crippen molar-refractivity contribution in [2.75, 3.05) is 13.1 Å². The second kappa shape index (κ2) is 7.54. The van der Waals surface area contributed by atoms with Gasteiger partial charge in [0.1, 0.15) is 0 Å². The number of nitrogens with one attached hydrogen (secondary N) is 2. The van der Waals surface area contributed by atoms with Crippen LogP contribution in [0.25, 0.3) is 0 Å². The highest BCUT2D eigenvalue weighted by atomic mass is 79.9. The van der Waals surface area contributed by atoms with Crippen molar-refractivity contribution < 1.29 is 4.79 Å². The molecule has 0 saturated carbocycles. The molecule has 1 amide bonds. The van der Waals surface area contributed by atoms with Gasteiger partial charge in [-0.25, -0.2) is 0 Å². The van der Waals surface area contributed by atoms with E-state index >= 15 is 0 Å². The molecule has 0 spiro atoms. The lowest BCUT2D eigenvalue weighted by Gasteiger charge is -2.18. The van der Waals surface area contributed by atoms with Crippen LogP contribution in [0.15, 0.2) is 28.7 Å². The number of carbonyl (C=O) groups excluding carboxylic acids is 1. The van der Waals surface area contributed by atoms with E-state index in [0.717, 1.165) is 23.1 Å². The normalized spacial score (nSPS) is 14.0. The van der Waals surface area contributed by atoms with E-state index < -0.39 is 0 Å². The zero-order chi connectivity index (χ0) is 13.5. The Morgan fingerprint density at radius 2 is 1.89 bits per heavy atom. The van der Waals surface area contributed by atoms with Crippen LogP contribution >= 0.6 is 15.9 Å². The fourth-order valence-electron chi connectivity index (χ4n) is 1.64. The lowest BCUT2D eigenvalue weighted by molar-refractivity contribution is -0.125. The molecule has 1 aromatic rings. The molecule has 18 heavy (non-hydrogen) atoms. The van der Waals surface area contributed by atoms with Gasteiger partial charge in [-0.2, -0.15) is 0 Å². The minimum Gasteiger partial charge on any atom is -0.349 e. The molecule has 0 radical (unpaired) electrons. The van der Waals surface area contributed by atoms with Gasteiger partial charge >= 0.3 is 0 Å². The number of hydrogen-bond acceptors (Lipinski definition) is 2. The van der Waals surface area contributed by atoms with Crippen molar-refractivity contribution in [1.29, 1.82) is 0 Å². The van der Waals surface area contributed by atoms with Gasteiger partial charge in [0.15, 0.2) is 0 Å². The van der Waals surface area contributed by atoms with E-state index in [1.165, 1.54) is 0 Å². The second-order valence-electron chi connectivity index (χ2n) is 4.49. The number of benzene rings is 1. The van der Waals surface area contributed by atoms with E-state index in [1.54, 1.807) is 0 Å². The molecule has 0 aromatic heterocycles. The van der Waals surface area contributed by atoms with Crippen LogP contribution in [0.4, 0.5) is 0 Å². The van der Waals surface area contributed by atoms with Crippen molar-refractivity contribution in [3.05, 3.63) is 34.3 Å². The molecule has 0 aliphatic rings. The van der Waals surface area contributed by atoms with Gasteiger partial charge in [0.05, 0.1) is 6.04 Å². The van der Waals surface area contributed by atoms with E-state index in [4.69, 9.17) is 0 Å². The molecule has 2 atom stereocenters. The van der Waals surface area contributed by atoms with Gasteiger partial charge in [-0.3, -0.25) is 4.79 Å². The molecule has 0 heterocycles. The molecule has 0 fully saturated rings. The first-order valence-corrected chi connectivity index (χ1v) is 7.10. The number of hydrogen-bond donors (Lipinski definition) is 2. The third-order valence-corrected chi connectivity index (χ3v) is 3.41. The third kappa shape index (κ3) is 4.78. The standard InChI is InChI=1S/C14H21BrN2O/c1-4-16-9-10(2)14(18)17-11(3)12-5-7-13(15)8-6-12/h5-8,10-11,16H,4,9H2,1-3H3,(H,17,18)/t10?,11-/m1/s1. The van der Waals surface area contributed by atoms with Crippen LogP contribution in [-0.4, -0.2) is 19.0 Å². The first kappa shape index (κ1) is 15.2. The smallest absolute Gasteiger partial charge is 0.224 e. The summed E-state index contributed by atoms with van der Waals surface area (Å²) in [6.45, 7) is 7.58. The molecule has 0 aliphatic heterocycles. The highest BCUT2D eigenvalue weighted by molar-refractivity contribution is 9.10. The minimum atomic E-state index is -0.0113. The van der Waals surface area contributed by atoms with Crippen LogP contribution in [0.5, 0.6) is 0 Å². The molecule has 2 N–H and O–H groups in total. The quantitative estimate of drug-likeness (QED) is 0.848. The lowest BCUT2D eigenvalue weighted by Crippen LogP contribution is -2.36. The van der Waals surface area contributed by atoms with Crippen LogP contribution in [-0.2, 0) is 4.79 Å². The second-order valence-corrected chi connectivity index (χ2v) is 5.41. The van der Waals surface area contributed by atoms with E-state index in [-0.39, 0.29) is 17.9 Å². The van der Waals surface area contributed by atoms with Gasteiger partial charge in [0, 0.05) is 16.9 Å². The molecule has 1 unspecified atom stereocenters. The zero-order valence-corrected chi connectivity index (χ0v) is 12.8. The average Bonchev–Trinajstić information content (AvgIpc) is 2.36. The van der Waals surface area contributed by atoms with Gasteiger partial charge < -0.3 is 10.6 Å². The average molecular weight is 313 g/mol. The van der Waals surface area contributed by atoms with Crippen LogP contribution < -0.4 is 10.6 Å². The Kier molecular flexibility index (Phi) is 6.36. The third-order valence-electron chi connectivity index (χ3n) is 2.88. The summed E-state index contributed by atoms with van der Waals surface area (Å²) in [5.74, 6) is 0.0780. The first-order chi connectivity index (χ1) is 8.54. The lowest BCUT2D eigenvalue weighted by atomic mass is 10.1. The van der Waals surface area contributed by atoms with Crippen molar-refractivity contribution in [3.63, 3.8) is 0 Å². The summed E-state index contributed by atoms with van der Waals surface area (Å²) in [4.78, 5) is 11.9. The summed E-state index contributed by atoms with van der Waals surface area (Å²) in [7, 11) is 0. The molecular weight excluding hydrogens is 292 g/mol. The largest absolute Gasteiger partial charge is 0.349 e. The molecular formula is C14H21BrN2O. The molecule has 0 saturated heterocycles. The maximum absolute atomic E-state index is 11.9. The van der Waals surface area contributed by atoms with Gasteiger partial charge in [-0.15, -0.1) is 0 Å². The topological polar surface area (TPSA) is 41.1 Å². The Hall–Kier alpha value is -0.870. The van der Waals surface area contributed by atoms with Crippen LogP contribution in [0.2, 0.25) is 0 Å². The maximum Gasteiger partial charge on any atom is 0.224 e. The fourth-order valence-corrected chi connectivity index (χ4v) is 1.91. The summed E-state index contributed by atoms with van der Waals surface area (Å²) in [5, 5.41) is 6.21. The molecule has 4 heteroatoms. The Labute approximate surface area is 117 Å². The van der Waals surface area contributed by atoms with Crippen molar-refractivity contribution in [1.82, 2.24) is 10.6 Å². The minimum absolute atomic E-state index is 0.0113. The van der Waals surface area contributed by atoms with Crippen LogP contribution in [0, 0.1) is 5.92 Å². The molecule has 3 nitrogen and oxygen atoms in total. The number of rotatable bonds is 6. The van der Waals surface area contributed by atoms with E-state index in [1.807, 2.05) is 45.0 Å². The summed E-state index contributed by atoms with van der Waals surface area (Å²) in [5.41, 5.74) is 1.11. The Balaban J connectivity index is 2.51. The highest BCUT2D eigenvalue weighted by Crippen LogP contribution is 2.16. The van der Waals surface area contributed by atoms with E-state index in [2.05, 4.69) is 26.6 Å². The fraction of sp³-hybridized carbons (Fsp3) is 0.500. The summed E-state index contributed by atoms with van der Waals surface area (Å²) in [6, 6.07) is 8.04.